The molecule has 1 rings (SSSR count). The van der Waals surface area contributed by atoms with Crippen molar-refractivity contribution in [3.8, 4) is 0 Å². The third-order valence-electron chi connectivity index (χ3n) is 3.04. The van der Waals surface area contributed by atoms with Gasteiger partial charge in [-0.15, -0.1) is 0 Å². The van der Waals surface area contributed by atoms with Gasteiger partial charge in [-0.2, -0.15) is 13.2 Å². The van der Waals surface area contributed by atoms with Gasteiger partial charge in [0.05, 0.1) is 12.0 Å². The van der Waals surface area contributed by atoms with Gasteiger partial charge in [0.1, 0.15) is 0 Å². The number of amides is 1. The summed E-state index contributed by atoms with van der Waals surface area (Å²) < 4.78 is 51.3. The molecule has 0 bridgehead atoms. The molecule has 1 aromatic rings. The van der Waals surface area contributed by atoms with Crippen LogP contribution in [0.1, 0.15) is 30.6 Å². The van der Waals surface area contributed by atoms with Gasteiger partial charge in [0.15, 0.2) is 0 Å². The molecule has 0 aromatic heterocycles. The van der Waals surface area contributed by atoms with Gasteiger partial charge in [0, 0.05) is 13.1 Å². The van der Waals surface area contributed by atoms with Crippen LogP contribution in [0.2, 0.25) is 0 Å². The quantitative estimate of drug-likeness (QED) is 0.819. The highest BCUT2D eigenvalue weighted by atomic mass is 19.4. The first-order chi connectivity index (χ1) is 10.2. The fourth-order valence-electron chi connectivity index (χ4n) is 1.80. The summed E-state index contributed by atoms with van der Waals surface area (Å²) in [6.07, 6.45) is -7.00. The summed E-state index contributed by atoms with van der Waals surface area (Å²) in [6, 6.07) is 3.19. The molecule has 0 saturated carbocycles. The fourth-order valence-corrected chi connectivity index (χ4v) is 1.80. The highest BCUT2D eigenvalue weighted by Gasteiger charge is 2.31. The average molecular weight is 321 g/mol. The van der Waals surface area contributed by atoms with E-state index in [4.69, 9.17) is 5.11 Å². The van der Waals surface area contributed by atoms with Crippen LogP contribution in [0.3, 0.4) is 0 Å². The Balaban J connectivity index is 2.82. The molecule has 4 nitrogen and oxygen atoms in total. The molecular weight excluding hydrogens is 306 g/mol. The first-order valence-corrected chi connectivity index (χ1v) is 6.48. The Labute approximate surface area is 124 Å². The van der Waals surface area contributed by atoms with Crippen LogP contribution in [0.5, 0.6) is 0 Å². The second-order valence-corrected chi connectivity index (χ2v) is 4.54. The lowest BCUT2D eigenvalue weighted by Crippen LogP contribution is -2.35. The van der Waals surface area contributed by atoms with Crippen molar-refractivity contribution >= 4 is 11.9 Å². The van der Waals surface area contributed by atoms with Gasteiger partial charge in [-0.25, -0.2) is 4.39 Å². The predicted octanol–water partition coefficient (Wildman–Crippen LogP) is 3.04. The molecular formula is C14H15F4NO3. The number of rotatable bonds is 6. The highest BCUT2D eigenvalue weighted by Crippen LogP contribution is 2.30. The molecule has 0 heterocycles. The molecule has 0 aliphatic heterocycles. The number of carbonyl (C=O) groups excluding carboxylic acids is 1. The molecule has 1 amide bonds. The first kappa shape index (κ1) is 17.9. The molecule has 0 saturated heterocycles. The third kappa shape index (κ3) is 4.71. The lowest BCUT2D eigenvalue weighted by Gasteiger charge is -2.22. The zero-order chi connectivity index (χ0) is 16.9. The van der Waals surface area contributed by atoms with Crippen molar-refractivity contribution in [3.63, 3.8) is 0 Å². The summed E-state index contributed by atoms with van der Waals surface area (Å²) in [5, 5.41) is 8.56. The van der Waals surface area contributed by atoms with E-state index >= 15 is 0 Å². The van der Waals surface area contributed by atoms with E-state index in [1.54, 1.807) is 6.92 Å². The number of alkyl halides is 4. The molecule has 22 heavy (non-hydrogen) atoms. The number of halogens is 4. The molecule has 1 N–H and O–H groups in total. The van der Waals surface area contributed by atoms with E-state index in [-0.39, 0.29) is 25.1 Å². The zero-order valence-electron chi connectivity index (χ0n) is 11.7. The van der Waals surface area contributed by atoms with Crippen molar-refractivity contribution in [2.75, 3.05) is 13.1 Å². The Kier molecular flexibility index (Phi) is 5.90. The summed E-state index contributed by atoms with van der Waals surface area (Å²) in [7, 11) is 0. The van der Waals surface area contributed by atoms with Crippen LogP contribution < -0.4 is 0 Å². The van der Waals surface area contributed by atoms with Crippen LogP contribution in [0, 0.1) is 0 Å². The molecule has 122 valence electrons. The van der Waals surface area contributed by atoms with Gasteiger partial charge in [0.2, 0.25) is 6.17 Å². The van der Waals surface area contributed by atoms with Crippen LogP contribution in [0.4, 0.5) is 17.6 Å². The van der Waals surface area contributed by atoms with Crippen LogP contribution >= 0.6 is 0 Å². The predicted molar refractivity (Wildman–Crippen MR) is 69.8 cm³/mol. The number of benzene rings is 1. The van der Waals surface area contributed by atoms with Crippen LogP contribution in [-0.4, -0.2) is 35.0 Å². The lowest BCUT2D eigenvalue weighted by atomic mass is 10.1. The van der Waals surface area contributed by atoms with Crippen LogP contribution in [-0.2, 0) is 15.8 Å². The number of hydrogen-bond acceptors (Lipinski definition) is 2. The maximum absolute atomic E-state index is 14.1. The minimum Gasteiger partial charge on any atom is -0.481 e. The van der Waals surface area contributed by atoms with Gasteiger partial charge in [0.25, 0.3) is 5.91 Å². The van der Waals surface area contributed by atoms with E-state index in [9.17, 15) is 27.2 Å². The topological polar surface area (TPSA) is 57.6 Å². The lowest BCUT2D eigenvalue weighted by molar-refractivity contribution is -0.140. The van der Waals surface area contributed by atoms with Crippen molar-refractivity contribution in [2.45, 2.75) is 25.7 Å². The van der Waals surface area contributed by atoms with E-state index in [0.717, 1.165) is 17.0 Å². The van der Waals surface area contributed by atoms with Gasteiger partial charge in [-0.05, 0) is 24.6 Å². The van der Waals surface area contributed by atoms with Crippen LogP contribution in [0.25, 0.3) is 0 Å². The maximum atomic E-state index is 14.1. The fraction of sp³-hybridized carbons (Fsp3) is 0.429. The smallest absolute Gasteiger partial charge is 0.416 e. The summed E-state index contributed by atoms with van der Waals surface area (Å²) in [5.41, 5.74) is -1.14. The number of nitrogens with zero attached hydrogens (tertiary/aromatic N) is 1. The van der Waals surface area contributed by atoms with E-state index in [1.165, 1.54) is 0 Å². The molecule has 0 fully saturated rings. The molecule has 0 aliphatic rings. The van der Waals surface area contributed by atoms with Gasteiger partial charge < -0.3 is 10.0 Å². The Morgan fingerprint density at radius 1 is 1.23 bits per heavy atom. The van der Waals surface area contributed by atoms with Crippen molar-refractivity contribution < 1.29 is 32.3 Å². The summed E-state index contributed by atoms with van der Waals surface area (Å²) in [6.45, 7) is 1.50. The number of likely N-dealkylation sites (N-methyl/N-ethyl adjacent to an activating group) is 1. The van der Waals surface area contributed by atoms with Gasteiger partial charge in [-0.3, -0.25) is 9.59 Å². The Hall–Kier alpha value is -2.12. The van der Waals surface area contributed by atoms with Crippen molar-refractivity contribution in [1.29, 1.82) is 0 Å². The Morgan fingerprint density at radius 2 is 1.77 bits per heavy atom. The molecule has 1 aromatic carbocycles. The average Bonchev–Trinajstić information content (AvgIpc) is 2.45. The summed E-state index contributed by atoms with van der Waals surface area (Å²) >= 11 is 0. The van der Waals surface area contributed by atoms with E-state index in [1.807, 2.05) is 0 Å². The number of carboxylic acid groups (broad SMARTS) is 1. The molecule has 0 radical (unpaired) electrons. The number of aliphatic carboxylic acids is 1. The number of carbonyl (C=O) groups is 2. The minimum atomic E-state index is -4.54. The molecule has 0 aliphatic carbocycles. The SMILES string of the molecule is CCN(CCC(=O)O)C(=O)C(F)c1ccc(C(F)(F)F)cc1. The van der Waals surface area contributed by atoms with Crippen molar-refractivity contribution in [1.82, 2.24) is 4.90 Å². The molecule has 1 atom stereocenters. The highest BCUT2D eigenvalue weighted by molar-refractivity contribution is 5.82. The van der Waals surface area contributed by atoms with Gasteiger partial charge >= 0.3 is 12.1 Å². The molecule has 8 heteroatoms. The summed E-state index contributed by atoms with van der Waals surface area (Å²) in [5.74, 6) is -2.10. The normalized spacial score (nSPS) is 12.8. The first-order valence-electron chi connectivity index (χ1n) is 6.48. The zero-order valence-corrected chi connectivity index (χ0v) is 11.7. The second kappa shape index (κ2) is 7.24. The Morgan fingerprint density at radius 3 is 2.18 bits per heavy atom. The number of hydrogen-bond donors (Lipinski definition) is 1. The number of carboxylic acids is 1. The van der Waals surface area contributed by atoms with Gasteiger partial charge in [-0.1, -0.05) is 12.1 Å². The molecule has 1 unspecified atom stereocenters. The van der Waals surface area contributed by atoms with Crippen molar-refractivity contribution in [2.24, 2.45) is 0 Å². The Bertz CT molecular complexity index is 528. The summed E-state index contributed by atoms with van der Waals surface area (Å²) in [4.78, 5) is 23.4. The van der Waals surface area contributed by atoms with Crippen LogP contribution in [0.15, 0.2) is 24.3 Å². The largest absolute Gasteiger partial charge is 0.481 e. The third-order valence-corrected chi connectivity index (χ3v) is 3.04. The minimum absolute atomic E-state index is 0.104. The van der Waals surface area contributed by atoms with E-state index in [2.05, 4.69) is 0 Å². The molecule has 0 spiro atoms. The standard InChI is InChI=1S/C14H15F4NO3/c1-2-19(8-7-11(20)21)13(22)12(15)9-3-5-10(6-4-9)14(16,17)18/h3-6,12H,2,7-8H2,1H3,(H,20,21). The monoisotopic (exact) mass is 321 g/mol. The van der Waals surface area contributed by atoms with E-state index in [0.29, 0.717) is 12.1 Å². The second-order valence-electron chi connectivity index (χ2n) is 4.54. The van der Waals surface area contributed by atoms with Crippen molar-refractivity contribution in [3.05, 3.63) is 35.4 Å². The maximum Gasteiger partial charge on any atom is 0.416 e. The van der Waals surface area contributed by atoms with E-state index < -0.39 is 29.8 Å².